The Morgan fingerprint density at radius 3 is 2.52 bits per heavy atom. The molecule has 1 aliphatic carbocycles. The van der Waals surface area contributed by atoms with Crippen LogP contribution in [0.5, 0.6) is 11.5 Å². The van der Waals surface area contributed by atoms with Gasteiger partial charge < -0.3 is 14.5 Å². The number of rotatable bonds is 2. The van der Waals surface area contributed by atoms with Gasteiger partial charge in [-0.2, -0.15) is 0 Å². The molecule has 1 aromatic carbocycles. The van der Waals surface area contributed by atoms with Gasteiger partial charge in [-0.25, -0.2) is 4.98 Å². The predicted molar refractivity (Wildman–Crippen MR) is 82.1 cm³/mol. The lowest BCUT2D eigenvalue weighted by molar-refractivity contribution is 0.297. The van der Waals surface area contributed by atoms with Gasteiger partial charge in [-0.1, -0.05) is 19.8 Å². The molecule has 4 heteroatoms. The molecule has 4 nitrogen and oxygen atoms in total. The zero-order valence-electron chi connectivity index (χ0n) is 12.6. The Morgan fingerprint density at radius 1 is 1.10 bits per heavy atom. The van der Waals surface area contributed by atoms with Gasteiger partial charge in [-0.05, 0) is 19.3 Å². The van der Waals surface area contributed by atoms with Crippen molar-refractivity contribution in [1.82, 2.24) is 9.97 Å². The fourth-order valence-corrected chi connectivity index (χ4v) is 3.73. The number of benzene rings is 1. The van der Waals surface area contributed by atoms with Crippen LogP contribution in [0.4, 0.5) is 0 Å². The maximum absolute atomic E-state index is 5.77. The van der Waals surface area contributed by atoms with Gasteiger partial charge in [-0.3, -0.25) is 0 Å². The van der Waals surface area contributed by atoms with E-state index in [0.717, 1.165) is 47.8 Å². The van der Waals surface area contributed by atoms with Crippen LogP contribution in [0.15, 0.2) is 12.1 Å². The summed E-state index contributed by atoms with van der Waals surface area (Å²) in [5.41, 5.74) is 2.31. The van der Waals surface area contributed by atoms with Crippen molar-refractivity contribution in [2.75, 3.05) is 13.2 Å². The van der Waals surface area contributed by atoms with Crippen LogP contribution in [0.25, 0.3) is 11.0 Å². The number of hydrogen-bond donors (Lipinski definition) is 1. The largest absolute Gasteiger partial charge is 0.489 e. The summed E-state index contributed by atoms with van der Waals surface area (Å²) in [7, 11) is 0. The second kappa shape index (κ2) is 4.93. The van der Waals surface area contributed by atoms with Crippen molar-refractivity contribution >= 4 is 11.0 Å². The van der Waals surface area contributed by atoms with E-state index in [0.29, 0.717) is 6.61 Å². The summed E-state index contributed by atoms with van der Waals surface area (Å²) in [6, 6.07) is 4.07. The maximum atomic E-state index is 5.77. The van der Waals surface area contributed by atoms with Gasteiger partial charge >= 0.3 is 0 Å². The van der Waals surface area contributed by atoms with Gasteiger partial charge in [0.2, 0.25) is 0 Å². The minimum Gasteiger partial charge on any atom is -0.489 e. The van der Waals surface area contributed by atoms with Gasteiger partial charge in [-0.15, -0.1) is 0 Å². The number of aromatic nitrogens is 2. The molecule has 2 heterocycles. The van der Waals surface area contributed by atoms with Crippen molar-refractivity contribution in [3.8, 4) is 11.5 Å². The standard InChI is InChI=1S/C17H22N2O2/c1-2-17(6-3-4-7-17)16-18-12-10-14-15(11-13(12)19-16)21-9-5-8-20-14/h10-11H,2-9H2,1H3,(H,18,19). The molecule has 112 valence electrons. The van der Waals surface area contributed by atoms with Gasteiger partial charge in [0.25, 0.3) is 0 Å². The van der Waals surface area contributed by atoms with Gasteiger partial charge in [0.05, 0.1) is 24.2 Å². The number of imidazole rings is 1. The van der Waals surface area contributed by atoms with E-state index in [4.69, 9.17) is 14.5 Å². The summed E-state index contributed by atoms with van der Waals surface area (Å²) in [4.78, 5) is 8.44. The number of H-pyrrole nitrogens is 1. The summed E-state index contributed by atoms with van der Waals surface area (Å²) in [5, 5.41) is 0. The van der Waals surface area contributed by atoms with Crippen molar-refractivity contribution in [3.05, 3.63) is 18.0 Å². The van der Waals surface area contributed by atoms with E-state index in [1.54, 1.807) is 0 Å². The van der Waals surface area contributed by atoms with Crippen molar-refractivity contribution < 1.29 is 9.47 Å². The van der Waals surface area contributed by atoms with Gasteiger partial charge in [0, 0.05) is 24.0 Å². The molecule has 1 aromatic heterocycles. The number of ether oxygens (including phenoxy) is 2. The highest BCUT2D eigenvalue weighted by molar-refractivity contribution is 5.80. The average Bonchev–Trinajstić information content (AvgIpc) is 3.07. The Bertz CT molecular complexity index is 613. The zero-order valence-corrected chi connectivity index (χ0v) is 12.6. The molecule has 0 bridgehead atoms. The number of aromatic amines is 1. The molecule has 1 saturated carbocycles. The summed E-state index contributed by atoms with van der Waals surface area (Å²) in [6.45, 7) is 3.72. The Balaban J connectivity index is 1.79. The fourth-order valence-electron chi connectivity index (χ4n) is 3.73. The van der Waals surface area contributed by atoms with Crippen LogP contribution in [-0.2, 0) is 5.41 Å². The number of hydrogen-bond acceptors (Lipinski definition) is 3. The van der Waals surface area contributed by atoms with Crippen molar-refractivity contribution in [1.29, 1.82) is 0 Å². The minimum atomic E-state index is 0.248. The molecule has 4 rings (SSSR count). The summed E-state index contributed by atoms with van der Waals surface area (Å²) < 4.78 is 11.5. The lowest BCUT2D eigenvalue weighted by atomic mass is 9.83. The van der Waals surface area contributed by atoms with Crippen molar-refractivity contribution in [2.45, 2.75) is 50.9 Å². The second-order valence-corrected chi connectivity index (χ2v) is 6.29. The zero-order chi connectivity index (χ0) is 14.3. The minimum absolute atomic E-state index is 0.248. The third-order valence-electron chi connectivity index (χ3n) is 5.09. The first-order valence-corrected chi connectivity index (χ1v) is 8.11. The summed E-state index contributed by atoms with van der Waals surface area (Å²) >= 11 is 0. The number of nitrogens with zero attached hydrogens (tertiary/aromatic N) is 1. The van der Waals surface area contributed by atoms with Gasteiger partial charge in [0.15, 0.2) is 11.5 Å². The lowest BCUT2D eigenvalue weighted by Gasteiger charge is -2.24. The first-order valence-electron chi connectivity index (χ1n) is 8.11. The molecule has 0 amide bonds. The molecule has 1 aliphatic heterocycles. The smallest absolute Gasteiger partial charge is 0.163 e. The number of nitrogens with one attached hydrogen (secondary N) is 1. The highest BCUT2D eigenvalue weighted by Crippen LogP contribution is 2.43. The molecular weight excluding hydrogens is 264 g/mol. The van der Waals surface area contributed by atoms with Crippen LogP contribution in [-0.4, -0.2) is 23.2 Å². The molecule has 0 atom stereocenters. The third kappa shape index (κ3) is 2.08. The van der Waals surface area contributed by atoms with Crippen molar-refractivity contribution in [2.24, 2.45) is 0 Å². The normalized spacial score (nSPS) is 20.6. The molecule has 0 radical (unpaired) electrons. The SMILES string of the molecule is CCC1(c2nc3cc4c(cc3[nH]2)OCCCO4)CCCC1. The topological polar surface area (TPSA) is 47.1 Å². The molecule has 1 N–H and O–H groups in total. The molecule has 0 unspecified atom stereocenters. The Labute approximate surface area is 124 Å². The van der Waals surface area contributed by atoms with Gasteiger partial charge in [0.1, 0.15) is 5.82 Å². The van der Waals surface area contributed by atoms with Crippen LogP contribution in [0.2, 0.25) is 0 Å². The monoisotopic (exact) mass is 286 g/mol. The van der Waals surface area contributed by atoms with E-state index in [-0.39, 0.29) is 5.41 Å². The van der Waals surface area contributed by atoms with E-state index in [1.807, 2.05) is 12.1 Å². The van der Waals surface area contributed by atoms with E-state index < -0.39 is 0 Å². The molecule has 1 fully saturated rings. The maximum Gasteiger partial charge on any atom is 0.163 e. The average molecular weight is 286 g/mol. The number of fused-ring (bicyclic) bond motifs is 2. The molecular formula is C17H22N2O2. The molecule has 2 aromatic rings. The second-order valence-electron chi connectivity index (χ2n) is 6.29. The lowest BCUT2D eigenvalue weighted by Crippen LogP contribution is -2.22. The molecule has 21 heavy (non-hydrogen) atoms. The molecule has 0 spiro atoms. The van der Waals surface area contributed by atoms with Crippen LogP contribution in [0.1, 0.15) is 51.3 Å². The Hall–Kier alpha value is -1.71. The van der Waals surface area contributed by atoms with E-state index in [2.05, 4.69) is 11.9 Å². The first kappa shape index (κ1) is 13.0. The van der Waals surface area contributed by atoms with Crippen LogP contribution >= 0.6 is 0 Å². The summed E-state index contributed by atoms with van der Waals surface area (Å²) in [6.07, 6.45) is 7.20. The van der Waals surface area contributed by atoms with Crippen molar-refractivity contribution in [3.63, 3.8) is 0 Å². The Morgan fingerprint density at radius 2 is 1.81 bits per heavy atom. The fraction of sp³-hybridized carbons (Fsp3) is 0.588. The van der Waals surface area contributed by atoms with E-state index in [1.165, 1.54) is 25.7 Å². The third-order valence-corrected chi connectivity index (χ3v) is 5.09. The Kier molecular flexibility index (Phi) is 3.05. The van der Waals surface area contributed by atoms with E-state index in [9.17, 15) is 0 Å². The highest BCUT2D eigenvalue weighted by Gasteiger charge is 2.36. The predicted octanol–water partition coefficient (Wildman–Crippen LogP) is 3.95. The molecule has 0 saturated heterocycles. The first-order chi connectivity index (χ1) is 10.3. The van der Waals surface area contributed by atoms with E-state index >= 15 is 0 Å². The summed E-state index contributed by atoms with van der Waals surface area (Å²) in [5.74, 6) is 2.82. The quantitative estimate of drug-likeness (QED) is 0.909. The van der Waals surface area contributed by atoms with Crippen LogP contribution < -0.4 is 9.47 Å². The van der Waals surface area contributed by atoms with Crippen LogP contribution in [0, 0.1) is 0 Å². The van der Waals surface area contributed by atoms with Crippen LogP contribution in [0.3, 0.4) is 0 Å². The highest BCUT2D eigenvalue weighted by atomic mass is 16.5. The molecule has 2 aliphatic rings.